The third-order valence-corrected chi connectivity index (χ3v) is 3.46. The molecule has 0 saturated heterocycles. The summed E-state index contributed by atoms with van der Waals surface area (Å²) < 4.78 is 9.81. The average molecular weight is 263 g/mol. The van der Waals surface area contributed by atoms with Gasteiger partial charge in [0.1, 0.15) is 5.75 Å². The number of nitrogens with one attached hydrogen (secondary N) is 1. The molecule has 1 aliphatic rings. The molecule has 104 valence electrons. The molecule has 0 heterocycles. The number of carbonyl (C=O) groups is 1. The van der Waals surface area contributed by atoms with E-state index in [0.29, 0.717) is 11.8 Å². The first kappa shape index (κ1) is 13.9. The van der Waals surface area contributed by atoms with Gasteiger partial charge in [0.2, 0.25) is 0 Å². The summed E-state index contributed by atoms with van der Waals surface area (Å²) in [6.07, 6.45) is 5.27. The number of esters is 1. The Labute approximate surface area is 114 Å². The number of benzene rings is 1. The largest absolute Gasteiger partial charge is 0.482 e. The molecule has 0 aromatic heterocycles. The van der Waals surface area contributed by atoms with Gasteiger partial charge in [0, 0.05) is 12.6 Å². The highest BCUT2D eigenvalue weighted by Gasteiger charge is 2.13. The van der Waals surface area contributed by atoms with Crippen LogP contribution in [0.3, 0.4) is 0 Å². The summed E-state index contributed by atoms with van der Waals surface area (Å²) >= 11 is 0. The van der Waals surface area contributed by atoms with Gasteiger partial charge in [0.15, 0.2) is 6.61 Å². The van der Waals surface area contributed by atoms with Gasteiger partial charge in [-0.25, -0.2) is 4.79 Å². The summed E-state index contributed by atoms with van der Waals surface area (Å²) in [6.45, 7) is 0.845. The second-order valence-corrected chi connectivity index (χ2v) is 4.87. The highest BCUT2D eigenvalue weighted by atomic mass is 16.6. The number of carbonyl (C=O) groups excluding carboxylic acids is 1. The number of methoxy groups -OCH3 is 1. The second-order valence-electron chi connectivity index (χ2n) is 4.87. The predicted octanol–water partition coefficient (Wildman–Crippen LogP) is 2.27. The maximum absolute atomic E-state index is 10.9. The normalized spacial score (nSPS) is 15.4. The lowest BCUT2D eigenvalue weighted by Gasteiger charge is -2.12. The maximum atomic E-state index is 10.9. The van der Waals surface area contributed by atoms with Gasteiger partial charge >= 0.3 is 5.97 Å². The van der Waals surface area contributed by atoms with Crippen LogP contribution in [0.5, 0.6) is 5.75 Å². The van der Waals surface area contributed by atoms with E-state index >= 15 is 0 Å². The number of rotatable bonds is 6. The average Bonchev–Trinajstić information content (AvgIpc) is 2.97. The van der Waals surface area contributed by atoms with Crippen LogP contribution in [0, 0.1) is 0 Å². The van der Waals surface area contributed by atoms with Crippen LogP contribution in [-0.2, 0) is 16.1 Å². The van der Waals surface area contributed by atoms with Crippen molar-refractivity contribution in [2.45, 2.75) is 38.3 Å². The summed E-state index contributed by atoms with van der Waals surface area (Å²) in [4.78, 5) is 10.9. The zero-order chi connectivity index (χ0) is 13.5. The van der Waals surface area contributed by atoms with Gasteiger partial charge in [-0.2, -0.15) is 0 Å². The van der Waals surface area contributed by atoms with Crippen molar-refractivity contribution in [3.05, 3.63) is 29.8 Å². The third kappa shape index (κ3) is 4.56. The molecule has 0 aliphatic heterocycles. The Morgan fingerprint density at radius 3 is 2.58 bits per heavy atom. The van der Waals surface area contributed by atoms with E-state index < -0.39 is 0 Å². The fraction of sp³-hybridized carbons (Fsp3) is 0.533. The van der Waals surface area contributed by atoms with E-state index in [1.165, 1.54) is 38.4 Å². The second kappa shape index (κ2) is 7.14. The van der Waals surface area contributed by atoms with Crippen molar-refractivity contribution in [2.75, 3.05) is 13.7 Å². The number of hydrogen-bond acceptors (Lipinski definition) is 4. The van der Waals surface area contributed by atoms with Gasteiger partial charge in [-0.3, -0.25) is 0 Å². The van der Waals surface area contributed by atoms with Crippen LogP contribution in [0.15, 0.2) is 24.3 Å². The zero-order valence-electron chi connectivity index (χ0n) is 11.4. The first-order valence-corrected chi connectivity index (χ1v) is 6.80. The fourth-order valence-corrected chi connectivity index (χ4v) is 2.30. The SMILES string of the molecule is COC(=O)COc1ccc(CNC2CCCC2)cc1. The third-order valence-electron chi connectivity index (χ3n) is 3.46. The molecule has 1 aromatic rings. The molecule has 1 saturated carbocycles. The molecule has 1 N–H and O–H groups in total. The molecule has 0 unspecified atom stereocenters. The van der Waals surface area contributed by atoms with Gasteiger partial charge in [0.25, 0.3) is 0 Å². The Morgan fingerprint density at radius 2 is 1.95 bits per heavy atom. The van der Waals surface area contributed by atoms with Crippen LogP contribution in [0.25, 0.3) is 0 Å². The van der Waals surface area contributed by atoms with Crippen molar-refractivity contribution in [1.82, 2.24) is 5.32 Å². The van der Waals surface area contributed by atoms with Crippen LogP contribution in [0.1, 0.15) is 31.2 Å². The number of hydrogen-bond donors (Lipinski definition) is 1. The fourth-order valence-electron chi connectivity index (χ4n) is 2.30. The van der Waals surface area contributed by atoms with E-state index in [9.17, 15) is 4.79 Å². The molecule has 0 radical (unpaired) electrons. The van der Waals surface area contributed by atoms with Crippen molar-refractivity contribution in [2.24, 2.45) is 0 Å². The molecule has 1 aliphatic carbocycles. The van der Waals surface area contributed by atoms with Crippen molar-refractivity contribution < 1.29 is 14.3 Å². The standard InChI is InChI=1S/C15H21NO3/c1-18-15(17)11-19-14-8-6-12(7-9-14)10-16-13-4-2-3-5-13/h6-9,13,16H,2-5,10-11H2,1H3. The molecule has 0 spiro atoms. The van der Waals surface area contributed by atoms with Crippen LogP contribution in [0.4, 0.5) is 0 Å². The van der Waals surface area contributed by atoms with E-state index in [1.807, 2.05) is 24.3 Å². The Balaban J connectivity index is 1.75. The molecule has 0 amide bonds. The molecule has 1 fully saturated rings. The minimum atomic E-state index is -0.369. The topological polar surface area (TPSA) is 47.6 Å². The van der Waals surface area contributed by atoms with Gasteiger partial charge in [-0.15, -0.1) is 0 Å². The summed E-state index contributed by atoms with van der Waals surface area (Å²) in [6, 6.07) is 8.49. The first-order chi connectivity index (χ1) is 9.28. The summed E-state index contributed by atoms with van der Waals surface area (Å²) in [5.41, 5.74) is 1.23. The highest BCUT2D eigenvalue weighted by Crippen LogP contribution is 2.18. The zero-order valence-corrected chi connectivity index (χ0v) is 11.4. The molecule has 2 rings (SSSR count). The lowest BCUT2D eigenvalue weighted by molar-refractivity contribution is -0.142. The Hall–Kier alpha value is -1.55. The molecule has 19 heavy (non-hydrogen) atoms. The minimum absolute atomic E-state index is 0.0455. The molecule has 0 atom stereocenters. The van der Waals surface area contributed by atoms with E-state index in [0.717, 1.165) is 6.54 Å². The molecule has 0 bridgehead atoms. The van der Waals surface area contributed by atoms with E-state index in [4.69, 9.17) is 4.74 Å². The van der Waals surface area contributed by atoms with Crippen molar-refractivity contribution in [3.8, 4) is 5.75 Å². The summed E-state index contributed by atoms with van der Waals surface area (Å²) in [7, 11) is 1.35. The van der Waals surface area contributed by atoms with Gasteiger partial charge in [0.05, 0.1) is 7.11 Å². The van der Waals surface area contributed by atoms with Gasteiger partial charge in [-0.05, 0) is 30.5 Å². The Bertz CT molecular complexity index is 396. The Kier molecular flexibility index (Phi) is 5.21. The minimum Gasteiger partial charge on any atom is -0.482 e. The lowest BCUT2D eigenvalue weighted by Crippen LogP contribution is -2.25. The van der Waals surface area contributed by atoms with E-state index in [2.05, 4.69) is 10.1 Å². The monoisotopic (exact) mass is 263 g/mol. The smallest absolute Gasteiger partial charge is 0.343 e. The number of ether oxygens (including phenoxy) is 2. The molecular formula is C15H21NO3. The van der Waals surface area contributed by atoms with E-state index in [1.54, 1.807) is 0 Å². The summed E-state index contributed by atoms with van der Waals surface area (Å²) in [5, 5.41) is 3.56. The van der Waals surface area contributed by atoms with Gasteiger partial charge in [-0.1, -0.05) is 25.0 Å². The van der Waals surface area contributed by atoms with Crippen molar-refractivity contribution in [1.29, 1.82) is 0 Å². The van der Waals surface area contributed by atoms with Crippen LogP contribution < -0.4 is 10.1 Å². The Morgan fingerprint density at radius 1 is 1.26 bits per heavy atom. The lowest BCUT2D eigenvalue weighted by atomic mass is 10.2. The quantitative estimate of drug-likeness (QED) is 0.800. The van der Waals surface area contributed by atoms with Crippen molar-refractivity contribution >= 4 is 5.97 Å². The van der Waals surface area contributed by atoms with Gasteiger partial charge < -0.3 is 14.8 Å². The van der Waals surface area contributed by atoms with Crippen LogP contribution in [-0.4, -0.2) is 25.7 Å². The highest BCUT2D eigenvalue weighted by molar-refractivity contribution is 5.70. The van der Waals surface area contributed by atoms with E-state index in [-0.39, 0.29) is 12.6 Å². The van der Waals surface area contributed by atoms with Crippen LogP contribution in [0.2, 0.25) is 0 Å². The predicted molar refractivity (Wildman–Crippen MR) is 73.0 cm³/mol. The molecule has 4 nitrogen and oxygen atoms in total. The van der Waals surface area contributed by atoms with Crippen LogP contribution >= 0.6 is 0 Å². The molecular weight excluding hydrogens is 242 g/mol. The molecule has 4 heteroatoms. The first-order valence-electron chi connectivity index (χ1n) is 6.80. The molecule has 1 aromatic carbocycles. The van der Waals surface area contributed by atoms with Crippen molar-refractivity contribution in [3.63, 3.8) is 0 Å². The maximum Gasteiger partial charge on any atom is 0.343 e. The summed E-state index contributed by atoms with van der Waals surface area (Å²) in [5.74, 6) is 0.321.